The van der Waals surface area contributed by atoms with Gasteiger partial charge >= 0.3 is 0 Å². The first-order valence-corrected chi connectivity index (χ1v) is 4.82. The lowest BCUT2D eigenvalue weighted by molar-refractivity contribution is 1.07. The first kappa shape index (κ1) is 9.78. The van der Waals surface area contributed by atoms with Crippen molar-refractivity contribution in [1.29, 1.82) is 0 Å². The Morgan fingerprint density at radius 3 is 2.77 bits per heavy atom. The van der Waals surface area contributed by atoms with Crippen LogP contribution < -0.4 is 0 Å². The summed E-state index contributed by atoms with van der Waals surface area (Å²) in [7, 11) is 0. The maximum absolute atomic E-state index is 4.16. The van der Waals surface area contributed by atoms with E-state index in [-0.39, 0.29) is 0 Å². The molecule has 0 fully saturated rings. The van der Waals surface area contributed by atoms with E-state index in [1.165, 1.54) is 5.56 Å². The molecule has 2 nitrogen and oxygen atoms in total. The van der Waals surface area contributed by atoms with Crippen molar-refractivity contribution in [1.82, 2.24) is 9.38 Å². The molecule has 70 valence electrons. The predicted molar refractivity (Wildman–Crippen MR) is 55.9 cm³/mol. The Morgan fingerprint density at radius 1 is 1.31 bits per heavy atom. The van der Waals surface area contributed by atoms with Crippen LogP contribution in [-0.2, 0) is 6.42 Å². The van der Waals surface area contributed by atoms with Gasteiger partial charge in [-0.3, -0.25) is 0 Å². The lowest BCUT2D eigenvalue weighted by Crippen LogP contribution is -1.86. The molecule has 0 radical (unpaired) electrons. The Kier molecular flexibility index (Phi) is 3.50. The van der Waals surface area contributed by atoms with Gasteiger partial charge in [0.15, 0.2) is 0 Å². The second-order valence-corrected chi connectivity index (χ2v) is 2.58. The first-order chi connectivity index (χ1) is 6.40. The summed E-state index contributed by atoms with van der Waals surface area (Å²) in [6.45, 7) is 6.15. The number of imidazole rings is 1. The lowest BCUT2D eigenvalue weighted by Gasteiger charge is -1.96. The molecule has 13 heavy (non-hydrogen) atoms. The van der Waals surface area contributed by atoms with Gasteiger partial charge in [-0.25, -0.2) is 4.98 Å². The van der Waals surface area contributed by atoms with E-state index in [1.54, 1.807) is 0 Å². The van der Waals surface area contributed by atoms with Crippen molar-refractivity contribution < 1.29 is 0 Å². The summed E-state index contributed by atoms with van der Waals surface area (Å²) >= 11 is 0. The molecule has 0 atom stereocenters. The highest BCUT2D eigenvalue weighted by molar-refractivity contribution is 5.39. The predicted octanol–water partition coefficient (Wildman–Crippen LogP) is 2.92. The van der Waals surface area contributed by atoms with Crippen LogP contribution >= 0.6 is 0 Å². The van der Waals surface area contributed by atoms with Gasteiger partial charge in [-0.1, -0.05) is 26.8 Å². The zero-order valence-electron chi connectivity index (χ0n) is 8.49. The minimum absolute atomic E-state index is 1.02. The lowest BCUT2D eigenvalue weighted by atomic mass is 10.2. The van der Waals surface area contributed by atoms with E-state index in [0.29, 0.717) is 0 Å². The number of rotatable bonds is 1. The van der Waals surface area contributed by atoms with E-state index in [9.17, 15) is 0 Å². The largest absolute Gasteiger partial charge is 0.307 e. The number of nitrogens with zero attached hydrogens (tertiary/aromatic N) is 2. The molecule has 0 saturated carbocycles. The van der Waals surface area contributed by atoms with Crippen LogP contribution in [-0.4, -0.2) is 9.38 Å². The third-order valence-electron chi connectivity index (χ3n) is 1.86. The van der Waals surface area contributed by atoms with Gasteiger partial charge in [0, 0.05) is 18.6 Å². The fourth-order valence-corrected chi connectivity index (χ4v) is 1.18. The Balaban J connectivity index is 0.000000396. The van der Waals surface area contributed by atoms with Gasteiger partial charge in [0.1, 0.15) is 5.65 Å². The van der Waals surface area contributed by atoms with Crippen LogP contribution in [0, 0.1) is 0 Å². The van der Waals surface area contributed by atoms with Crippen molar-refractivity contribution in [2.75, 3.05) is 0 Å². The van der Waals surface area contributed by atoms with Crippen molar-refractivity contribution in [3.05, 3.63) is 36.3 Å². The summed E-state index contributed by atoms with van der Waals surface area (Å²) in [5, 5.41) is 0. The number of hydrogen-bond donors (Lipinski definition) is 0. The number of pyridine rings is 1. The second-order valence-electron chi connectivity index (χ2n) is 2.58. The van der Waals surface area contributed by atoms with Crippen molar-refractivity contribution >= 4 is 5.65 Å². The standard InChI is InChI=1S/C9H10N2.C2H6/c1-2-8-3-4-9-10-5-6-11(9)7-8;1-2/h3-7H,2H2,1H3;1-2H3. The average molecular weight is 176 g/mol. The van der Waals surface area contributed by atoms with E-state index < -0.39 is 0 Å². The molecule has 0 aliphatic carbocycles. The quantitative estimate of drug-likeness (QED) is 0.653. The van der Waals surface area contributed by atoms with E-state index in [4.69, 9.17) is 0 Å². The normalized spacial score (nSPS) is 9.46. The van der Waals surface area contributed by atoms with Crippen LogP contribution in [0.15, 0.2) is 30.7 Å². The molecule has 2 aromatic rings. The summed E-state index contributed by atoms with van der Waals surface area (Å²) in [6, 6.07) is 4.15. The molecule has 0 bridgehead atoms. The van der Waals surface area contributed by atoms with Crippen LogP contribution in [0.3, 0.4) is 0 Å². The number of aryl methyl sites for hydroxylation is 1. The highest BCUT2D eigenvalue weighted by Crippen LogP contribution is 2.04. The van der Waals surface area contributed by atoms with Crippen LogP contribution in [0.2, 0.25) is 0 Å². The third-order valence-corrected chi connectivity index (χ3v) is 1.86. The van der Waals surface area contributed by atoms with E-state index >= 15 is 0 Å². The molecular weight excluding hydrogens is 160 g/mol. The monoisotopic (exact) mass is 176 g/mol. The topological polar surface area (TPSA) is 17.3 Å². The van der Waals surface area contributed by atoms with Crippen molar-refractivity contribution in [3.8, 4) is 0 Å². The maximum atomic E-state index is 4.16. The molecule has 2 rings (SSSR count). The highest BCUT2D eigenvalue weighted by atomic mass is 15.0. The molecule has 2 heteroatoms. The average Bonchev–Trinajstić information content (AvgIpc) is 2.67. The first-order valence-electron chi connectivity index (χ1n) is 4.82. The van der Waals surface area contributed by atoms with E-state index in [1.807, 2.05) is 36.7 Å². The summed E-state index contributed by atoms with van der Waals surface area (Å²) < 4.78 is 2.04. The van der Waals surface area contributed by atoms with Crippen LogP contribution in [0.5, 0.6) is 0 Å². The minimum atomic E-state index is 1.02. The molecule has 0 saturated heterocycles. The third kappa shape index (κ3) is 2.08. The van der Waals surface area contributed by atoms with Crippen molar-refractivity contribution in [2.45, 2.75) is 27.2 Å². The molecular formula is C11H16N2. The smallest absolute Gasteiger partial charge is 0.136 e. The number of hydrogen-bond acceptors (Lipinski definition) is 1. The molecule has 2 heterocycles. The Labute approximate surface area is 79.2 Å². The Hall–Kier alpha value is -1.31. The van der Waals surface area contributed by atoms with Crippen LogP contribution in [0.25, 0.3) is 5.65 Å². The van der Waals surface area contributed by atoms with Gasteiger partial charge in [-0.05, 0) is 18.1 Å². The summed E-state index contributed by atoms with van der Waals surface area (Å²) in [4.78, 5) is 4.16. The van der Waals surface area contributed by atoms with Crippen molar-refractivity contribution in [2.24, 2.45) is 0 Å². The summed E-state index contributed by atoms with van der Waals surface area (Å²) in [5.74, 6) is 0. The number of fused-ring (bicyclic) bond motifs is 1. The molecule has 0 N–H and O–H groups in total. The zero-order valence-corrected chi connectivity index (χ0v) is 8.49. The molecule has 0 aromatic carbocycles. The molecule has 0 aliphatic rings. The van der Waals surface area contributed by atoms with E-state index in [0.717, 1.165) is 12.1 Å². The molecule has 0 unspecified atom stereocenters. The van der Waals surface area contributed by atoms with Gasteiger partial charge in [0.05, 0.1) is 0 Å². The van der Waals surface area contributed by atoms with Gasteiger partial charge in [0.2, 0.25) is 0 Å². The summed E-state index contributed by atoms with van der Waals surface area (Å²) in [6.07, 6.45) is 6.97. The van der Waals surface area contributed by atoms with Gasteiger partial charge in [-0.15, -0.1) is 0 Å². The Morgan fingerprint density at radius 2 is 2.08 bits per heavy atom. The highest BCUT2D eigenvalue weighted by Gasteiger charge is 1.92. The van der Waals surface area contributed by atoms with E-state index in [2.05, 4.69) is 24.2 Å². The second kappa shape index (κ2) is 4.65. The Bertz CT molecular complexity index is 363. The molecule has 2 aromatic heterocycles. The maximum Gasteiger partial charge on any atom is 0.136 e. The minimum Gasteiger partial charge on any atom is -0.307 e. The number of aromatic nitrogens is 2. The van der Waals surface area contributed by atoms with Crippen LogP contribution in [0.1, 0.15) is 26.3 Å². The molecule has 0 amide bonds. The van der Waals surface area contributed by atoms with Crippen molar-refractivity contribution in [3.63, 3.8) is 0 Å². The fourth-order valence-electron chi connectivity index (χ4n) is 1.18. The van der Waals surface area contributed by atoms with Gasteiger partial charge in [0.25, 0.3) is 0 Å². The summed E-state index contributed by atoms with van der Waals surface area (Å²) in [5.41, 5.74) is 2.36. The van der Waals surface area contributed by atoms with Crippen LogP contribution in [0.4, 0.5) is 0 Å². The van der Waals surface area contributed by atoms with Gasteiger partial charge in [-0.2, -0.15) is 0 Å². The SMILES string of the molecule is CC.CCc1ccc2nccn2c1. The zero-order chi connectivity index (χ0) is 9.68. The van der Waals surface area contributed by atoms with Gasteiger partial charge < -0.3 is 4.40 Å². The molecule has 0 spiro atoms. The molecule has 0 aliphatic heterocycles. The fraction of sp³-hybridized carbons (Fsp3) is 0.364.